The highest BCUT2D eigenvalue weighted by atomic mass is 32.1. The van der Waals surface area contributed by atoms with Crippen molar-refractivity contribution in [2.45, 2.75) is 0 Å². The summed E-state index contributed by atoms with van der Waals surface area (Å²) < 4.78 is 7.48. The standard InChI is InChI=1S/C51H30N4S2/c1-3-11-31(12-4-1)49-52-50(32-13-5-2-6-14-32)54-51(53-49)35-21-26-47-42(29-35)41-28-34(20-25-46(41)56-47)33-19-24-45-40(27-33)39-23-22-36(30-48(39)57-45)55-43-17-9-7-15-37(43)38-16-8-10-18-44(38)55/h1-30H. The molecule has 4 nitrogen and oxygen atoms in total. The van der Waals surface area contributed by atoms with E-state index in [0.29, 0.717) is 17.5 Å². The van der Waals surface area contributed by atoms with Gasteiger partial charge in [-0.2, -0.15) is 0 Å². The molecule has 4 heterocycles. The molecule has 0 amide bonds. The lowest BCUT2D eigenvalue weighted by Gasteiger charge is -2.08. The lowest BCUT2D eigenvalue weighted by Crippen LogP contribution is -2.00. The van der Waals surface area contributed by atoms with E-state index in [0.717, 1.165) is 16.7 Å². The molecule has 0 bridgehead atoms. The van der Waals surface area contributed by atoms with Crippen molar-refractivity contribution in [2.75, 3.05) is 0 Å². The molecule has 0 saturated carbocycles. The van der Waals surface area contributed by atoms with Crippen LogP contribution < -0.4 is 0 Å². The number of fused-ring (bicyclic) bond motifs is 9. The summed E-state index contributed by atoms with van der Waals surface area (Å²) in [5.74, 6) is 1.99. The van der Waals surface area contributed by atoms with Gasteiger partial charge in [-0.3, -0.25) is 0 Å². The number of para-hydroxylation sites is 2. The smallest absolute Gasteiger partial charge is 0.164 e. The van der Waals surface area contributed by atoms with E-state index in [4.69, 9.17) is 15.0 Å². The molecule has 0 aliphatic carbocycles. The van der Waals surface area contributed by atoms with Gasteiger partial charge in [0.1, 0.15) is 0 Å². The summed E-state index contributed by atoms with van der Waals surface area (Å²) in [4.78, 5) is 14.9. The summed E-state index contributed by atoms with van der Waals surface area (Å²) in [6.07, 6.45) is 0. The van der Waals surface area contributed by atoms with Gasteiger partial charge < -0.3 is 4.57 Å². The minimum atomic E-state index is 0.663. The molecule has 12 aromatic rings. The second-order valence-corrected chi connectivity index (χ2v) is 16.6. The van der Waals surface area contributed by atoms with Crippen LogP contribution in [0.4, 0.5) is 0 Å². The van der Waals surface area contributed by atoms with Gasteiger partial charge in [-0.1, -0.05) is 115 Å². The van der Waals surface area contributed by atoms with Crippen LogP contribution in [-0.4, -0.2) is 19.5 Å². The van der Waals surface area contributed by atoms with Gasteiger partial charge >= 0.3 is 0 Å². The number of thiophene rings is 2. The molecule has 0 fully saturated rings. The summed E-state index contributed by atoms with van der Waals surface area (Å²) in [6, 6.07) is 65.1. The highest BCUT2D eigenvalue weighted by Crippen LogP contribution is 2.42. The largest absolute Gasteiger partial charge is 0.309 e. The normalized spacial score (nSPS) is 11.9. The minimum Gasteiger partial charge on any atom is -0.309 e. The highest BCUT2D eigenvalue weighted by Gasteiger charge is 2.17. The Bertz CT molecular complexity index is 3410. The third kappa shape index (κ3) is 5.30. The summed E-state index contributed by atoms with van der Waals surface area (Å²) in [6.45, 7) is 0. The predicted octanol–water partition coefficient (Wildman–Crippen LogP) is 14.4. The average Bonchev–Trinajstić information content (AvgIpc) is 3.95. The van der Waals surface area contributed by atoms with E-state index in [9.17, 15) is 0 Å². The monoisotopic (exact) mass is 762 g/mol. The maximum absolute atomic E-state index is 5.01. The lowest BCUT2D eigenvalue weighted by atomic mass is 10.00. The summed E-state index contributed by atoms with van der Waals surface area (Å²) in [7, 11) is 0. The molecule has 57 heavy (non-hydrogen) atoms. The molecule has 0 spiro atoms. The number of hydrogen-bond donors (Lipinski definition) is 0. The fourth-order valence-corrected chi connectivity index (χ4v) is 10.5. The molecule has 0 atom stereocenters. The van der Waals surface area contributed by atoms with Crippen LogP contribution in [0.2, 0.25) is 0 Å². The first kappa shape index (κ1) is 32.3. The Morgan fingerprint density at radius 1 is 0.298 bits per heavy atom. The van der Waals surface area contributed by atoms with Gasteiger partial charge in [0, 0.05) is 73.5 Å². The van der Waals surface area contributed by atoms with Gasteiger partial charge in [0.2, 0.25) is 0 Å². The van der Waals surface area contributed by atoms with Gasteiger partial charge in [0.05, 0.1) is 11.0 Å². The lowest BCUT2D eigenvalue weighted by molar-refractivity contribution is 1.07. The van der Waals surface area contributed by atoms with Crippen molar-refractivity contribution in [2.24, 2.45) is 0 Å². The molecular formula is C51H30N4S2. The third-order valence-electron chi connectivity index (χ3n) is 11.1. The van der Waals surface area contributed by atoms with Gasteiger partial charge in [-0.15, -0.1) is 22.7 Å². The zero-order valence-electron chi connectivity index (χ0n) is 30.4. The number of hydrogen-bond acceptors (Lipinski definition) is 5. The van der Waals surface area contributed by atoms with Crippen molar-refractivity contribution in [1.29, 1.82) is 0 Å². The average molecular weight is 763 g/mol. The zero-order valence-corrected chi connectivity index (χ0v) is 32.1. The van der Waals surface area contributed by atoms with Crippen molar-refractivity contribution < 1.29 is 0 Å². The molecule has 12 rings (SSSR count). The molecule has 0 unspecified atom stereocenters. The van der Waals surface area contributed by atoms with Crippen LogP contribution in [0.15, 0.2) is 182 Å². The fraction of sp³-hybridized carbons (Fsp3) is 0. The molecular weight excluding hydrogens is 733 g/mol. The van der Waals surface area contributed by atoms with Crippen LogP contribution in [0.3, 0.4) is 0 Å². The van der Waals surface area contributed by atoms with Crippen molar-refractivity contribution in [3.63, 3.8) is 0 Å². The fourth-order valence-electron chi connectivity index (χ4n) is 8.32. The van der Waals surface area contributed by atoms with Gasteiger partial charge in [0.25, 0.3) is 0 Å². The Morgan fingerprint density at radius 2 is 0.737 bits per heavy atom. The molecule has 8 aromatic carbocycles. The minimum absolute atomic E-state index is 0.663. The van der Waals surface area contributed by atoms with Crippen LogP contribution in [0.5, 0.6) is 0 Å². The molecule has 0 saturated heterocycles. The van der Waals surface area contributed by atoms with Crippen LogP contribution in [0, 0.1) is 0 Å². The molecule has 0 aliphatic heterocycles. The third-order valence-corrected chi connectivity index (χ3v) is 13.3. The van der Waals surface area contributed by atoms with Crippen LogP contribution in [-0.2, 0) is 0 Å². The Kier molecular flexibility index (Phi) is 7.24. The van der Waals surface area contributed by atoms with Gasteiger partial charge in [0.15, 0.2) is 17.5 Å². The molecule has 4 aromatic heterocycles. The first-order valence-corrected chi connectivity index (χ1v) is 20.6. The summed E-state index contributed by atoms with van der Waals surface area (Å²) >= 11 is 3.69. The second-order valence-electron chi connectivity index (χ2n) is 14.4. The Morgan fingerprint density at radius 3 is 1.30 bits per heavy atom. The molecule has 0 radical (unpaired) electrons. The van der Waals surface area contributed by atoms with E-state index >= 15 is 0 Å². The van der Waals surface area contributed by atoms with Crippen molar-refractivity contribution >= 4 is 84.8 Å². The second kappa shape index (κ2) is 12.8. The Labute approximate surface area is 335 Å². The van der Waals surface area contributed by atoms with Gasteiger partial charge in [-0.05, 0) is 77.9 Å². The quantitative estimate of drug-likeness (QED) is 0.175. The van der Waals surface area contributed by atoms with Gasteiger partial charge in [-0.25, -0.2) is 15.0 Å². The van der Waals surface area contributed by atoms with Crippen LogP contribution >= 0.6 is 22.7 Å². The Hall–Kier alpha value is -6.99. The number of rotatable bonds is 5. The van der Waals surface area contributed by atoms with Crippen LogP contribution in [0.25, 0.3) is 113 Å². The summed E-state index contributed by atoms with van der Waals surface area (Å²) in [5, 5.41) is 7.58. The number of nitrogens with zero attached hydrogens (tertiary/aromatic N) is 4. The van der Waals surface area contributed by atoms with Crippen LogP contribution in [0.1, 0.15) is 0 Å². The van der Waals surface area contributed by atoms with E-state index in [1.54, 1.807) is 0 Å². The maximum Gasteiger partial charge on any atom is 0.164 e. The number of benzene rings is 8. The maximum atomic E-state index is 5.01. The molecule has 266 valence electrons. The highest BCUT2D eigenvalue weighted by molar-refractivity contribution is 7.26. The zero-order chi connectivity index (χ0) is 37.5. The van der Waals surface area contributed by atoms with E-state index < -0.39 is 0 Å². The summed E-state index contributed by atoms with van der Waals surface area (Å²) in [5.41, 5.74) is 8.95. The molecule has 6 heteroatoms. The SMILES string of the molecule is c1ccc(-c2nc(-c3ccccc3)nc(-c3ccc4sc5ccc(-c6ccc7sc8cc(-n9c%10ccccc%10c%10ccccc%109)ccc8c7c6)cc5c4c3)n2)cc1. The Balaban J connectivity index is 0.952. The molecule has 0 N–H and O–H groups in total. The topological polar surface area (TPSA) is 43.6 Å². The van der Waals surface area contributed by atoms with E-state index in [-0.39, 0.29) is 0 Å². The predicted molar refractivity (Wildman–Crippen MR) is 242 cm³/mol. The number of aromatic nitrogens is 4. The van der Waals surface area contributed by atoms with E-state index in [1.165, 1.54) is 79.0 Å². The first-order chi connectivity index (χ1) is 28.2. The van der Waals surface area contributed by atoms with E-state index in [2.05, 4.69) is 126 Å². The van der Waals surface area contributed by atoms with E-state index in [1.807, 2.05) is 83.3 Å². The van der Waals surface area contributed by atoms with Crippen molar-refractivity contribution in [3.05, 3.63) is 182 Å². The first-order valence-electron chi connectivity index (χ1n) is 19.0. The van der Waals surface area contributed by atoms with Crippen molar-refractivity contribution in [3.8, 4) is 51.0 Å². The van der Waals surface area contributed by atoms with Crippen molar-refractivity contribution in [1.82, 2.24) is 19.5 Å². The molecule has 0 aliphatic rings.